The Morgan fingerprint density at radius 1 is 1.07 bits per heavy atom. The predicted octanol–water partition coefficient (Wildman–Crippen LogP) is 4.77. The van der Waals surface area contributed by atoms with Gasteiger partial charge in [-0.05, 0) is 36.5 Å². The number of nitrogens with zero attached hydrogens (tertiary/aromatic N) is 1. The summed E-state index contributed by atoms with van der Waals surface area (Å²) in [6, 6.07) is 13.8. The average Bonchev–Trinajstić information content (AvgIpc) is 3.12. The van der Waals surface area contributed by atoms with Crippen LogP contribution >= 0.6 is 0 Å². The van der Waals surface area contributed by atoms with Crippen LogP contribution in [0.1, 0.15) is 33.6 Å². The fourth-order valence-electron chi connectivity index (χ4n) is 5.06. The molecular weight excluding hydrogens is 352 g/mol. The summed E-state index contributed by atoms with van der Waals surface area (Å²) in [6.07, 6.45) is 1.56. The van der Waals surface area contributed by atoms with Gasteiger partial charge in [-0.2, -0.15) is 0 Å². The third kappa shape index (κ3) is 2.13. The van der Waals surface area contributed by atoms with Gasteiger partial charge in [0.2, 0.25) is 11.8 Å². The summed E-state index contributed by atoms with van der Waals surface area (Å²) in [6.45, 7) is 6.31. The molecule has 5 heteroatoms. The number of imide groups is 1. The van der Waals surface area contributed by atoms with Crippen molar-refractivity contribution < 1.29 is 14.0 Å². The number of benzene rings is 2. The van der Waals surface area contributed by atoms with Crippen LogP contribution in [-0.2, 0) is 9.59 Å². The van der Waals surface area contributed by atoms with E-state index < -0.39 is 5.41 Å². The molecule has 1 aliphatic heterocycles. The van der Waals surface area contributed by atoms with E-state index in [1.54, 1.807) is 0 Å². The van der Waals surface area contributed by atoms with Crippen LogP contribution in [0, 0.1) is 16.7 Å². The number of furan rings is 1. The Morgan fingerprint density at radius 3 is 2.64 bits per heavy atom. The van der Waals surface area contributed by atoms with Gasteiger partial charge in [0, 0.05) is 28.4 Å². The number of carbonyl (C=O) groups is 2. The first-order chi connectivity index (χ1) is 13.3. The molecule has 2 atom stereocenters. The van der Waals surface area contributed by atoms with Crippen molar-refractivity contribution in [3.8, 4) is 0 Å². The van der Waals surface area contributed by atoms with Crippen molar-refractivity contribution in [2.75, 3.05) is 12.0 Å². The zero-order valence-electron chi connectivity index (χ0n) is 16.4. The monoisotopic (exact) mass is 376 g/mol. The molecule has 5 nitrogen and oxygen atoms in total. The van der Waals surface area contributed by atoms with Gasteiger partial charge in [-0.1, -0.05) is 39.0 Å². The van der Waals surface area contributed by atoms with Gasteiger partial charge in [0.25, 0.3) is 0 Å². The Balaban J connectivity index is 1.41. The molecule has 1 aliphatic carbocycles. The number of amides is 2. The Labute approximate surface area is 163 Å². The lowest BCUT2D eigenvalue weighted by atomic mass is 9.62. The first kappa shape index (κ1) is 17.3. The van der Waals surface area contributed by atoms with E-state index >= 15 is 0 Å². The first-order valence-corrected chi connectivity index (χ1v) is 9.84. The largest absolute Gasteiger partial charge is 0.456 e. The smallest absolute Gasteiger partial charge is 0.237 e. The molecule has 5 rings (SSSR count). The van der Waals surface area contributed by atoms with Crippen molar-refractivity contribution >= 4 is 39.4 Å². The van der Waals surface area contributed by atoms with Crippen molar-refractivity contribution in [1.82, 2.24) is 4.90 Å². The molecule has 2 aliphatic rings. The van der Waals surface area contributed by atoms with E-state index in [9.17, 15) is 9.59 Å². The van der Waals surface area contributed by atoms with Crippen LogP contribution in [-0.4, -0.2) is 23.4 Å². The van der Waals surface area contributed by atoms with E-state index in [-0.39, 0.29) is 29.8 Å². The zero-order valence-corrected chi connectivity index (χ0v) is 16.4. The van der Waals surface area contributed by atoms with Crippen LogP contribution in [0.3, 0.4) is 0 Å². The number of likely N-dealkylation sites (tertiary alicyclic amines) is 1. The maximum atomic E-state index is 13.1. The summed E-state index contributed by atoms with van der Waals surface area (Å²) >= 11 is 0. The summed E-state index contributed by atoms with van der Waals surface area (Å²) in [5.74, 6) is -0.203. The molecule has 2 bridgehead atoms. The normalized spacial score (nSPS) is 26.4. The molecule has 1 N–H and O–H groups in total. The van der Waals surface area contributed by atoms with Crippen molar-refractivity contribution in [3.63, 3.8) is 0 Å². The minimum atomic E-state index is -0.476. The van der Waals surface area contributed by atoms with E-state index in [1.807, 2.05) is 49.4 Å². The minimum Gasteiger partial charge on any atom is -0.456 e. The molecule has 144 valence electrons. The molecule has 28 heavy (non-hydrogen) atoms. The predicted molar refractivity (Wildman–Crippen MR) is 109 cm³/mol. The summed E-state index contributed by atoms with van der Waals surface area (Å²) in [5, 5.41) is 5.38. The van der Waals surface area contributed by atoms with Crippen LogP contribution in [0.4, 0.5) is 5.69 Å². The van der Waals surface area contributed by atoms with E-state index in [2.05, 4.69) is 19.2 Å². The number of fused-ring (bicyclic) bond motifs is 5. The van der Waals surface area contributed by atoms with Gasteiger partial charge >= 0.3 is 0 Å². The van der Waals surface area contributed by atoms with Gasteiger partial charge in [0.15, 0.2) is 0 Å². The van der Waals surface area contributed by atoms with Gasteiger partial charge in [0.05, 0.1) is 12.1 Å². The third-order valence-corrected chi connectivity index (χ3v) is 7.33. The summed E-state index contributed by atoms with van der Waals surface area (Å²) in [4.78, 5) is 27.5. The van der Waals surface area contributed by atoms with Crippen molar-refractivity contribution in [2.24, 2.45) is 16.7 Å². The lowest BCUT2D eigenvalue weighted by molar-refractivity contribution is -0.167. The van der Waals surface area contributed by atoms with E-state index in [1.165, 1.54) is 4.90 Å². The quantitative estimate of drug-likeness (QED) is 0.669. The molecule has 2 heterocycles. The van der Waals surface area contributed by atoms with Gasteiger partial charge in [-0.25, -0.2) is 0 Å². The molecule has 1 aromatic heterocycles. The maximum Gasteiger partial charge on any atom is 0.237 e. The molecule has 0 radical (unpaired) electrons. The number of nitrogens with one attached hydrogen (secondary N) is 1. The Hall–Kier alpha value is -2.82. The number of para-hydroxylation sites is 1. The number of carbonyl (C=O) groups excluding carboxylic acids is 2. The van der Waals surface area contributed by atoms with Gasteiger partial charge in [-0.15, -0.1) is 0 Å². The fourth-order valence-corrected chi connectivity index (χ4v) is 5.06. The molecule has 0 unspecified atom stereocenters. The minimum absolute atomic E-state index is 0.0534. The highest BCUT2D eigenvalue weighted by molar-refractivity contribution is 6.06. The van der Waals surface area contributed by atoms with Crippen LogP contribution in [0.25, 0.3) is 21.9 Å². The maximum absolute atomic E-state index is 13.1. The highest BCUT2D eigenvalue weighted by Gasteiger charge is 2.64. The highest BCUT2D eigenvalue weighted by Crippen LogP contribution is 2.59. The molecule has 0 spiro atoms. The summed E-state index contributed by atoms with van der Waals surface area (Å²) in [7, 11) is 0. The Kier molecular flexibility index (Phi) is 3.46. The molecule has 2 aromatic carbocycles. The van der Waals surface area contributed by atoms with E-state index in [0.717, 1.165) is 40.5 Å². The Bertz CT molecular complexity index is 1130. The highest BCUT2D eigenvalue weighted by atomic mass is 16.3. The summed E-state index contributed by atoms with van der Waals surface area (Å²) in [5.41, 5.74) is 1.70. The molecular formula is C23H24N2O3. The van der Waals surface area contributed by atoms with Gasteiger partial charge in [-0.3, -0.25) is 14.5 Å². The number of hydrogen-bond donors (Lipinski definition) is 1. The first-order valence-electron chi connectivity index (χ1n) is 9.84. The van der Waals surface area contributed by atoms with Gasteiger partial charge < -0.3 is 9.73 Å². The van der Waals surface area contributed by atoms with Crippen molar-refractivity contribution in [3.05, 3.63) is 42.5 Å². The van der Waals surface area contributed by atoms with Crippen LogP contribution in [0.15, 0.2) is 46.9 Å². The number of anilines is 1. The molecule has 1 saturated heterocycles. The molecule has 2 fully saturated rings. The lowest BCUT2D eigenvalue weighted by Crippen LogP contribution is -2.59. The summed E-state index contributed by atoms with van der Waals surface area (Å²) < 4.78 is 5.93. The Morgan fingerprint density at radius 2 is 1.82 bits per heavy atom. The van der Waals surface area contributed by atoms with E-state index in [4.69, 9.17) is 4.42 Å². The van der Waals surface area contributed by atoms with Crippen LogP contribution in [0.5, 0.6) is 0 Å². The number of piperidine rings is 1. The average molecular weight is 376 g/mol. The fraction of sp³-hybridized carbons (Fsp3) is 0.391. The van der Waals surface area contributed by atoms with Crippen LogP contribution in [0.2, 0.25) is 0 Å². The van der Waals surface area contributed by atoms with E-state index in [0.29, 0.717) is 0 Å². The molecule has 1 saturated carbocycles. The molecule has 2 amide bonds. The lowest BCUT2D eigenvalue weighted by Gasteiger charge is -2.47. The second-order valence-electron chi connectivity index (χ2n) is 8.86. The topological polar surface area (TPSA) is 62.6 Å². The van der Waals surface area contributed by atoms with Crippen molar-refractivity contribution in [2.45, 2.75) is 33.6 Å². The van der Waals surface area contributed by atoms with Crippen molar-refractivity contribution in [1.29, 1.82) is 0 Å². The third-order valence-electron chi connectivity index (χ3n) is 7.33. The second-order valence-corrected chi connectivity index (χ2v) is 8.86. The second kappa shape index (κ2) is 5.60. The van der Waals surface area contributed by atoms with Crippen LogP contribution < -0.4 is 5.32 Å². The zero-order chi connectivity index (χ0) is 19.7. The number of hydrogen-bond acceptors (Lipinski definition) is 4. The SMILES string of the molecule is CC1(C)[C@H]2CC[C@@]1(C)C(=O)N(CNc1ccc3c(c1)oc1ccccc13)C2=O. The molecule has 3 aromatic rings. The number of rotatable bonds is 3. The van der Waals surface area contributed by atoms with Gasteiger partial charge in [0.1, 0.15) is 11.2 Å². The standard InChI is InChI=1S/C23H24N2O3/c1-22(2)17-10-11-23(22,3)21(27)25(20(17)26)13-24-14-8-9-16-15-6-4-5-7-18(15)28-19(16)12-14/h4-9,12,17,24H,10-11,13H2,1-3H3/t17-,23-/m0/s1.